The summed E-state index contributed by atoms with van der Waals surface area (Å²) in [6, 6.07) is 4.88. The van der Waals surface area contributed by atoms with Crippen molar-refractivity contribution in [2.75, 3.05) is 24.4 Å². The van der Waals surface area contributed by atoms with Gasteiger partial charge in [-0.2, -0.15) is 5.10 Å². The van der Waals surface area contributed by atoms with E-state index in [9.17, 15) is 9.18 Å². The van der Waals surface area contributed by atoms with Gasteiger partial charge >= 0.3 is 0 Å². The Balaban J connectivity index is 1.33. The van der Waals surface area contributed by atoms with Crippen molar-refractivity contribution in [1.29, 1.82) is 0 Å². The third kappa shape index (κ3) is 4.70. The summed E-state index contributed by atoms with van der Waals surface area (Å²) in [4.78, 5) is 11.8. The zero-order chi connectivity index (χ0) is 20.4. The third-order valence-electron chi connectivity index (χ3n) is 5.36. The van der Waals surface area contributed by atoms with Gasteiger partial charge in [0.1, 0.15) is 16.6 Å². The number of ether oxygens (including phenoxy) is 1. The summed E-state index contributed by atoms with van der Waals surface area (Å²) in [5.74, 6) is 1.38. The molecule has 0 spiro atoms. The van der Waals surface area contributed by atoms with E-state index in [4.69, 9.17) is 16.3 Å². The van der Waals surface area contributed by atoms with Crippen molar-refractivity contribution in [3.8, 4) is 5.75 Å². The summed E-state index contributed by atoms with van der Waals surface area (Å²) >= 11 is 6.38. The summed E-state index contributed by atoms with van der Waals surface area (Å²) in [5, 5.41) is 11.4. The minimum atomic E-state index is -0.242. The number of carbonyl (C=O) groups is 1. The number of carbonyl (C=O) groups excluding carboxylic acids is 1. The molecule has 0 radical (unpaired) electrons. The second-order valence-corrected chi connectivity index (χ2v) is 7.96. The first-order chi connectivity index (χ1) is 14.1. The molecule has 2 aliphatic rings. The Morgan fingerprint density at radius 1 is 1.38 bits per heavy atom. The molecule has 1 aromatic heterocycles. The molecule has 0 bridgehead atoms. The molecule has 2 aromatic rings. The number of halogens is 2. The molecule has 1 aromatic carbocycles. The SMILES string of the molecule is COc1cccc(F)c1C1CC1CNc1cnnc(NNC(=O)CC2CC2)c1Cl. The van der Waals surface area contributed by atoms with Gasteiger partial charge in [0.25, 0.3) is 0 Å². The molecule has 9 heteroatoms. The van der Waals surface area contributed by atoms with Crippen molar-refractivity contribution >= 4 is 29.0 Å². The van der Waals surface area contributed by atoms with Crippen molar-refractivity contribution in [2.24, 2.45) is 11.8 Å². The van der Waals surface area contributed by atoms with Gasteiger partial charge in [-0.1, -0.05) is 17.7 Å². The third-order valence-corrected chi connectivity index (χ3v) is 5.74. The van der Waals surface area contributed by atoms with E-state index in [1.807, 2.05) is 0 Å². The number of nitrogens with zero attached hydrogens (tertiary/aromatic N) is 2. The monoisotopic (exact) mass is 419 g/mol. The number of rotatable bonds is 9. The van der Waals surface area contributed by atoms with Crippen LogP contribution in [0.1, 0.15) is 37.2 Å². The molecule has 2 atom stereocenters. The number of amides is 1. The minimum absolute atomic E-state index is 0.0941. The van der Waals surface area contributed by atoms with E-state index in [0.29, 0.717) is 40.9 Å². The lowest BCUT2D eigenvalue weighted by atomic mass is 10.1. The fourth-order valence-electron chi connectivity index (χ4n) is 3.46. The summed E-state index contributed by atoms with van der Waals surface area (Å²) in [6.07, 6.45) is 5.10. The topological polar surface area (TPSA) is 88.2 Å². The van der Waals surface area contributed by atoms with Crippen LogP contribution in [0.5, 0.6) is 5.75 Å². The number of hydrogen-bond acceptors (Lipinski definition) is 6. The van der Waals surface area contributed by atoms with E-state index in [2.05, 4.69) is 26.4 Å². The lowest BCUT2D eigenvalue weighted by Gasteiger charge is -2.13. The molecule has 0 aliphatic heterocycles. The Bertz CT molecular complexity index is 908. The molecule has 1 amide bonds. The van der Waals surface area contributed by atoms with Crippen LogP contribution in [0.4, 0.5) is 15.9 Å². The maximum atomic E-state index is 14.2. The van der Waals surface area contributed by atoms with Crippen molar-refractivity contribution in [2.45, 2.75) is 31.6 Å². The van der Waals surface area contributed by atoms with Gasteiger partial charge in [0.15, 0.2) is 5.82 Å². The van der Waals surface area contributed by atoms with Crippen LogP contribution in [0.15, 0.2) is 24.4 Å². The number of benzene rings is 1. The molecule has 29 heavy (non-hydrogen) atoms. The quantitative estimate of drug-likeness (QED) is 0.537. The van der Waals surface area contributed by atoms with E-state index < -0.39 is 0 Å². The van der Waals surface area contributed by atoms with Crippen molar-refractivity contribution in [3.63, 3.8) is 0 Å². The zero-order valence-electron chi connectivity index (χ0n) is 16.0. The highest BCUT2D eigenvalue weighted by atomic mass is 35.5. The molecule has 0 saturated heterocycles. The second kappa shape index (κ2) is 8.41. The number of nitrogens with one attached hydrogen (secondary N) is 3. The Morgan fingerprint density at radius 3 is 2.97 bits per heavy atom. The molecule has 3 N–H and O–H groups in total. The maximum absolute atomic E-state index is 14.2. The van der Waals surface area contributed by atoms with E-state index in [0.717, 1.165) is 19.3 Å². The smallest absolute Gasteiger partial charge is 0.238 e. The number of aromatic nitrogens is 2. The average molecular weight is 420 g/mol. The molecule has 2 unspecified atom stereocenters. The van der Waals surface area contributed by atoms with Gasteiger partial charge in [0, 0.05) is 18.5 Å². The maximum Gasteiger partial charge on any atom is 0.238 e. The predicted octanol–water partition coefficient (Wildman–Crippen LogP) is 3.74. The van der Waals surface area contributed by atoms with Crippen LogP contribution in [0, 0.1) is 17.7 Å². The van der Waals surface area contributed by atoms with E-state index >= 15 is 0 Å². The largest absolute Gasteiger partial charge is 0.496 e. The molecule has 154 valence electrons. The molecule has 4 rings (SSSR count). The number of methoxy groups -OCH3 is 1. The van der Waals surface area contributed by atoms with E-state index in [-0.39, 0.29) is 29.4 Å². The van der Waals surface area contributed by atoms with Gasteiger partial charge in [-0.05, 0) is 49.1 Å². The highest BCUT2D eigenvalue weighted by Gasteiger charge is 2.41. The Morgan fingerprint density at radius 2 is 2.21 bits per heavy atom. The van der Waals surface area contributed by atoms with Crippen LogP contribution in [-0.4, -0.2) is 29.8 Å². The normalized spacial score (nSPS) is 20.1. The Kier molecular flexibility index (Phi) is 5.71. The fourth-order valence-corrected chi connectivity index (χ4v) is 3.66. The summed E-state index contributed by atoms with van der Waals surface area (Å²) in [5.41, 5.74) is 6.57. The van der Waals surface area contributed by atoms with E-state index in [1.165, 1.54) is 12.3 Å². The molecule has 2 saturated carbocycles. The first-order valence-corrected chi connectivity index (χ1v) is 10.1. The lowest BCUT2D eigenvalue weighted by molar-refractivity contribution is -0.120. The van der Waals surface area contributed by atoms with Crippen molar-refractivity contribution in [1.82, 2.24) is 15.6 Å². The molecule has 7 nitrogen and oxygen atoms in total. The fraction of sp³-hybridized carbons (Fsp3) is 0.450. The molecule has 2 fully saturated rings. The molecule has 1 heterocycles. The summed E-state index contributed by atoms with van der Waals surface area (Å²) in [7, 11) is 1.55. The van der Waals surface area contributed by atoms with Crippen LogP contribution in [-0.2, 0) is 4.79 Å². The first kappa shape index (κ1) is 19.7. The van der Waals surface area contributed by atoms with E-state index in [1.54, 1.807) is 19.2 Å². The van der Waals surface area contributed by atoms with Gasteiger partial charge in [-0.25, -0.2) is 4.39 Å². The Hall–Kier alpha value is -2.61. The predicted molar refractivity (Wildman–Crippen MR) is 108 cm³/mol. The van der Waals surface area contributed by atoms with Crippen molar-refractivity contribution in [3.05, 3.63) is 40.8 Å². The van der Waals surface area contributed by atoms with Crippen LogP contribution in [0.2, 0.25) is 5.02 Å². The second-order valence-electron chi connectivity index (χ2n) is 7.58. The van der Waals surface area contributed by atoms with Crippen LogP contribution in [0.25, 0.3) is 0 Å². The van der Waals surface area contributed by atoms with Crippen LogP contribution < -0.4 is 20.9 Å². The Labute approximate surface area is 173 Å². The molecule has 2 aliphatic carbocycles. The molecular weight excluding hydrogens is 397 g/mol. The van der Waals surface area contributed by atoms with Crippen molar-refractivity contribution < 1.29 is 13.9 Å². The first-order valence-electron chi connectivity index (χ1n) is 9.69. The minimum Gasteiger partial charge on any atom is -0.496 e. The highest BCUT2D eigenvalue weighted by molar-refractivity contribution is 6.35. The van der Waals surface area contributed by atoms with Crippen LogP contribution >= 0.6 is 11.6 Å². The number of hydrogen-bond donors (Lipinski definition) is 3. The van der Waals surface area contributed by atoms with Gasteiger partial charge < -0.3 is 10.1 Å². The van der Waals surface area contributed by atoms with Crippen LogP contribution in [0.3, 0.4) is 0 Å². The molecular formula is C20H23ClFN5O2. The van der Waals surface area contributed by atoms with Gasteiger partial charge in [0.05, 0.1) is 19.0 Å². The summed E-state index contributed by atoms with van der Waals surface area (Å²) in [6.45, 7) is 0.612. The highest BCUT2D eigenvalue weighted by Crippen LogP contribution is 2.51. The van der Waals surface area contributed by atoms with Gasteiger partial charge in [-0.3, -0.25) is 15.6 Å². The van der Waals surface area contributed by atoms with Gasteiger partial charge in [-0.15, -0.1) is 5.10 Å². The lowest BCUT2D eigenvalue weighted by Crippen LogP contribution is -2.30. The van der Waals surface area contributed by atoms with Gasteiger partial charge in [0.2, 0.25) is 5.91 Å². The zero-order valence-corrected chi connectivity index (χ0v) is 16.8. The number of hydrazine groups is 1. The summed E-state index contributed by atoms with van der Waals surface area (Å²) < 4.78 is 19.5. The average Bonchev–Trinajstić information content (AvgIpc) is 3.63. The standard InChI is InChI=1S/C20H23ClFN5O2/c1-29-16-4-2-3-14(22)18(16)13-8-12(13)9-23-15-10-24-26-20(19(15)21)27-25-17(28)7-11-5-6-11/h2-4,10-13H,5-9H2,1H3,(H,25,28)(H2,23,26,27). The number of anilines is 2.